The van der Waals surface area contributed by atoms with Crippen LogP contribution in [0.4, 0.5) is 0 Å². The zero-order valence-electron chi connectivity index (χ0n) is 44.1. The lowest BCUT2D eigenvalue weighted by Gasteiger charge is -2.46. The number of rotatable bonds is 49. The summed E-state index contributed by atoms with van der Waals surface area (Å²) >= 11 is 1.83. The third-order valence-corrected chi connectivity index (χ3v) is 17.6. The molecule has 1 N–H and O–H groups in total. The highest BCUT2D eigenvalue weighted by atomic mass is 32.3. The Hall–Kier alpha value is 0.320. The Bertz CT molecular complexity index is 929. The predicted molar refractivity (Wildman–Crippen MR) is 288 cm³/mol. The summed E-state index contributed by atoms with van der Waals surface area (Å²) in [6.07, 6.45) is 47.0. The van der Waals surface area contributed by atoms with Crippen LogP contribution in [0.25, 0.3) is 0 Å². The van der Waals surface area contributed by atoms with E-state index in [1.165, 1.54) is 148 Å². The topological polar surface area (TPSA) is 77.5 Å². The Morgan fingerprint density at radius 3 is 1.54 bits per heavy atom. The number of carbonyl (C=O) groups excluding carboxylic acids is 1. The van der Waals surface area contributed by atoms with Crippen molar-refractivity contribution < 1.29 is 27.2 Å². The van der Waals surface area contributed by atoms with Crippen LogP contribution in [-0.4, -0.2) is 103 Å². The number of nitrogens with zero attached hydrogens (tertiary/aromatic N) is 1. The Kier molecular flexibility index (Phi) is 50.6. The van der Waals surface area contributed by atoms with Gasteiger partial charge in [0.15, 0.2) is 6.29 Å². The summed E-state index contributed by atoms with van der Waals surface area (Å²) in [4.78, 5) is 15.6. The second-order valence-corrected chi connectivity index (χ2v) is 26.2. The molecule has 0 heterocycles. The third kappa shape index (κ3) is 45.9. The molecule has 384 valence electrons. The summed E-state index contributed by atoms with van der Waals surface area (Å²) in [5.41, 5.74) is 0. The first kappa shape index (κ1) is 65.4. The minimum atomic E-state index is -1.67. The van der Waals surface area contributed by atoms with Crippen LogP contribution in [0.15, 0.2) is 0 Å². The van der Waals surface area contributed by atoms with Gasteiger partial charge < -0.3 is 19.5 Å². The summed E-state index contributed by atoms with van der Waals surface area (Å²) in [5, 5.41) is 9.41. The number of aliphatic hydroxyl groups is 1. The van der Waals surface area contributed by atoms with Crippen LogP contribution < -0.4 is 0 Å². The Labute approximate surface area is 403 Å². The fourth-order valence-electron chi connectivity index (χ4n) is 7.86. The van der Waals surface area contributed by atoms with Crippen molar-refractivity contribution in [2.45, 2.75) is 259 Å². The fraction of sp³-hybridized carbons (Fsp3) is 0.981. The molecule has 0 aliphatic rings. The van der Waals surface area contributed by atoms with E-state index in [0.29, 0.717) is 6.61 Å². The van der Waals surface area contributed by atoms with Crippen molar-refractivity contribution in [3.8, 4) is 0 Å². The van der Waals surface area contributed by atoms with Crippen LogP contribution in [0.5, 0.6) is 0 Å². The largest absolute Gasteiger partial charge is 0.465 e. The normalized spacial score (nSPS) is 13.5. The lowest BCUT2D eigenvalue weighted by Crippen LogP contribution is -2.27. The number of hydrogen-bond donors (Lipinski definition) is 1. The molecule has 63 heavy (non-hydrogen) atoms. The number of carbonyl (C=O) groups is 1. The molecular formula is C53H113NO6S3. The van der Waals surface area contributed by atoms with Crippen molar-refractivity contribution in [3.63, 3.8) is 0 Å². The summed E-state index contributed by atoms with van der Waals surface area (Å²) in [6, 6.07) is 0. The highest BCUT2D eigenvalue weighted by Gasteiger charge is 2.25. The smallest absolute Gasteiger partial charge is 0.319 e. The Balaban J connectivity index is 0. The lowest BCUT2D eigenvalue weighted by atomic mass is 10.1. The molecule has 0 saturated heterocycles. The van der Waals surface area contributed by atoms with Crippen molar-refractivity contribution >= 4 is 38.6 Å². The van der Waals surface area contributed by atoms with Gasteiger partial charge in [0.1, 0.15) is 5.25 Å². The SMILES string of the molecule is CC.CCCCCCCCC(SCCCCC)C(=O)OCCCCCCN(CCCCO)CCCCCCOC(CCCCCCC)OS(C)(C)OS(C)(C)CCCCCCCC. The number of ether oxygens (including phenoxy) is 2. The zero-order chi connectivity index (χ0) is 47.1. The summed E-state index contributed by atoms with van der Waals surface area (Å²) in [6.45, 7) is 17.9. The molecule has 2 atom stereocenters. The van der Waals surface area contributed by atoms with Crippen molar-refractivity contribution in [2.75, 3.05) is 76.0 Å². The highest BCUT2D eigenvalue weighted by Crippen LogP contribution is 2.59. The quantitative estimate of drug-likeness (QED) is 0.0367. The number of unbranched alkanes of at least 4 members (excludes halogenated alkanes) is 23. The average Bonchev–Trinajstić information content (AvgIpc) is 3.25. The first-order chi connectivity index (χ1) is 30.5. The van der Waals surface area contributed by atoms with Gasteiger partial charge in [-0.2, -0.15) is 10.6 Å². The van der Waals surface area contributed by atoms with Gasteiger partial charge in [0.05, 0.1) is 6.61 Å². The van der Waals surface area contributed by atoms with Gasteiger partial charge in [-0.3, -0.25) is 8.98 Å². The molecule has 7 nitrogen and oxygen atoms in total. The number of thioether (sulfide) groups is 1. The number of aliphatic hydroxyl groups excluding tert-OH is 1. The molecule has 0 radical (unpaired) electrons. The van der Waals surface area contributed by atoms with E-state index in [0.717, 1.165) is 95.5 Å². The first-order valence-electron chi connectivity index (χ1n) is 27.1. The molecule has 0 amide bonds. The molecule has 0 rings (SSSR count). The summed E-state index contributed by atoms with van der Waals surface area (Å²) in [5.74, 6) is 2.24. The monoisotopic (exact) mass is 956 g/mol. The predicted octanol–water partition coefficient (Wildman–Crippen LogP) is 16.8. The maximum atomic E-state index is 13.0. The van der Waals surface area contributed by atoms with E-state index in [1.807, 2.05) is 25.6 Å². The van der Waals surface area contributed by atoms with Gasteiger partial charge in [-0.05, 0) is 102 Å². The molecular weight excluding hydrogens is 843 g/mol. The Morgan fingerprint density at radius 2 is 0.984 bits per heavy atom. The van der Waals surface area contributed by atoms with Crippen molar-refractivity contribution in [1.82, 2.24) is 4.90 Å². The maximum absolute atomic E-state index is 13.0. The van der Waals surface area contributed by atoms with Crippen LogP contribution in [0, 0.1) is 0 Å². The standard InChI is InChI=1S/C51H107NO6S3.C2H6/c1-9-13-17-20-23-29-39-49(59-47-37-16-12-4)51(54)56-46-36-27-25-32-42-52(43-33-34-44-53)41-31-24-26-35-45-55-50(40-30-22-19-15-11-3)57-61(7,8)58-60(5,6)48-38-28-21-18-14-10-2;1-2/h49-50,53H,9-48H2,1-8H3;1-2H3. The molecule has 0 aliphatic carbocycles. The first-order valence-corrected chi connectivity index (χ1v) is 33.0. The highest BCUT2D eigenvalue weighted by molar-refractivity contribution is 8.39. The minimum absolute atomic E-state index is 0.00952. The van der Waals surface area contributed by atoms with Crippen molar-refractivity contribution in [1.29, 1.82) is 0 Å². The van der Waals surface area contributed by atoms with Crippen LogP contribution in [0.2, 0.25) is 0 Å². The van der Waals surface area contributed by atoms with Gasteiger partial charge >= 0.3 is 5.97 Å². The van der Waals surface area contributed by atoms with Crippen LogP contribution >= 0.6 is 32.7 Å². The molecule has 2 unspecified atom stereocenters. The van der Waals surface area contributed by atoms with Gasteiger partial charge in [0, 0.05) is 37.9 Å². The third-order valence-electron chi connectivity index (χ3n) is 11.5. The second kappa shape index (κ2) is 48.8. The molecule has 0 aromatic carbocycles. The van der Waals surface area contributed by atoms with E-state index in [2.05, 4.69) is 57.6 Å². The lowest BCUT2D eigenvalue weighted by molar-refractivity contribution is -0.143. The fourth-order valence-corrected chi connectivity index (χ4v) is 14.6. The zero-order valence-corrected chi connectivity index (χ0v) is 46.5. The van der Waals surface area contributed by atoms with Gasteiger partial charge in [-0.25, -0.2) is 3.63 Å². The molecule has 0 spiro atoms. The minimum Gasteiger partial charge on any atom is -0.465 e. The van der Waals surface area contributed by atoms with Crippen LogP contribution in [0.3, 0.4) is 0 Å². The maximum Gasteiger partial charge on any atom is 0.319 e. The van der Waals surface area contributed by atoms with Crippen molar-refractivity contribution in [3.05, 3.63) is 0 Å². The number of hydrogen-bond acceptors (Lipinski definition) is 8. The molecule has 0 bridgehead atoms. The Morgan fingerprint density at radius 1 is 0.540 bits per heavy atom. The van der Waals surface area contributed by atoms with E-state index < -0.39 is 20.9 Å². The summed E-state index contributed by atoms with van der Waals surface area (Å²) < 4.78 is 25.8. The van der Waals surface area contributed by atoms with Gasteiger partial charge in [0.25, 0.3) is 0 Å². The van der Waals surface area contributed by atoms with E-state index >= 15 is 0 Å². The van der Waals surface area contributed by atoms with E-state index in [4.69, 9.17) is 17.3 Å². The van der Waals surface area contributed by atoms with Gasteiger partial charge in [-0.1, -0.05) is 176 Å². The van der Waals surface area contributed by atoms with Gasteiger partial charge in [0.2, 0.25) is 0 Å². The van der Waals surface area contributed by atoms with E-state index in [1.54, 1.807) is 0 Å². The van der Waals surface area contributed by atoms with Crippen LogP contribution in [-0.2, 0) is 22.1 Å². The second-order valence-electron chi connectivity index (χ2n) is 18.6. The summed E-state index contributed by atoms with van der Waals surface area (Å²) in [7, 11) is -2.83. The molecule has 10 heteroatoms. The molecule has 0 fully saturated rings. The number of esters is 1. The van der Waals surface area contributed by atoms with Crippen LogP contribution in [0.1, 0.15) is 247 Å². The van der Waals surface area contributed by atoms with E-state index in [-0.39, 0.29) is 24.1 Å². The molecule has 0 saturated carbocycles. The molecule has 0 aromatic rings. The van der Waals surface area contributed by atoms with Crippen molar-refractivity contribution in [2.24, 2.45) is 0 Å². The average molecular weight is 957 g/mol. The molecule has 0 aromatic heterocycles. The van der Waals surface area contributed by atoms with E-state index in [9.17, 15) is 9.90 Å². The van der Waals surface area contributed by atoms with Gasteiger partial charge in [-0.15, -0.1) is 22.1 Å². The molecule has 0 aliphatic heterocycles.